The lowest BCUT2D eigenvalue weighted by Crippen LogP contribution is -2.01. The highest BCUT2D eigenvalue weighted by atomic mass is 14.2. The third-order valence-corrected chi connectivity index (χ3v) is 7.66. The normalized spacial score (nSPS) is 10.6. The van der Waals surface area contributed by atoms with E-state index in [1.807, 2.05) is 0 Å². The van der Waals surface area contributed by atoms with E-state index in [1.165, 1.54) is 66.8 Å². The van der Waals surface area contributed by atoms with Crippen LogP contribution in [0.3, 0.4) is 0 Å². The minimum absolute atomic E-state index is 1.23. The predicted octanol–water partition coefficient (Wildman–Crippen LogP) is 10.1. The van der Waals surface area contributed by atoms with Gasteiger partial charge in [0, 0.05) is 0 Å². The highest BCUT2D eigenvalue weighted by Gasteiger charge is 2.16. The summed E-state index contributed by atoms with van der Waals surface area (Å²) in [6.45, 7) is 9.07. The molecule has 0 bridgehead atoms. The molecule has 0 N–H and O–H groups in total. The van der Waals surface area contributed by atoms with Gasteiger partial charge in [0.1, 0.15) is 0 Å². The average molecular weight is 491 g/mol. The summed E-state index contributed by atoms with van der Waals surface area (Å²) in [5.74, 6) is 0. The topological polar surface area (TPSA) is 0 Å². The van der Waals surface area contributed by atoms with Crippen LogP contribution in [0.25, 0.3) is 23.3 Å². The van der Waals surface area contributed by atoms with Crippen LogP contribution in [0.15, 0.2) is 121 Å². The third kappa shape index (κ3) is 5.17. The first-order valence-corrected chi connectivity index (χ1v) is 13.3. The summed E-state index contributed by atoms with van der Waals surface area (Å²) in [6.07, 6.45) is 4.77. The molecule has 0 spiro atoms. The van der Waals surface area contributed by atoms with Crippen molar-refractivity contribution < 1.29 is 0 Å². The molecule has 0 unspecified atom stereocenters. The zero-order valence-corrected chi connectivity index (χ0v) is 22.7. The fourth-order valence-electron chi connectivity index (χ4n) is 5.23. The van der Waals surface area contributed by atoms with E-state index >= 15 is 0 Å². The summed E-state index contributed by atoms with van der Waals surface area (Å²) in [6, 6.07) is 42.8. The fourth-order valence-corrected chi connectivity index (χ4v) is 5.23. The summed E-state index contributed by atoms with van der Waals surface area (Å²) >= 11 is 0. The van der Waals surface area contributed by atoms with Crippen molar-refractivity contribution in [3.05, 3.63) is 177 Å². The molecule has 186 valence electrons. The maximum atomic E-state index is 2.39. The van der Waals surface area contributed by atoms with Gasteiger partial charge in [-0.05, 0) is 107 Å². The molecule has 0 atom stereocenters. The Morgan fingerprint density at radius 1 is 0.342 bits per heavy atom. The molecule has 0 aliphatic heterocycles. The zero-order valence-electron chi connectivity index (χ0n) is 22.7. The quantitative estimate of drug-likeness (QED) is 0.208. The van der Waals surface area contributed by atoms with E-state index in [-0.39, 0.29) is 0 Å². The van der Waals surface area contributed by atoms with Crippen molar-refractivity contribution in [2.45, 2.75) is 27.7 Å². The third-order valence-electron chi connectivity index (χ3n) is 7.66. The van der Waals surface area contributed by atoms with E-state index in [0.717, 1.165) is 0 Å². The molecule has 0 amide bonds. The van der Waals surface area contributed by atoms with Crippen molar-refractivity contribution >= 4 is 23.3 Å². The standard InChI is InChI=1S/C38H34/c1-27-28(2)36(26-38(33-21-13-7-14-22-33)34-23-15-8-16-24-34)30(4)29(3)35(27)25-37(31-17-9-5-10-18-31)32-19-11-6-12-20-32/h5-26H,1-4H3. The second-order valence-electron chi connectivity index (χ2n) is 9.91. The van der Waals surface area contributed by atoms with Gasteiger partial charge in [-0.3, -0.25) is 0 Å². The minimum atomic E-state index is 1.23. The van der Waals surface area contributed by atoms with Gasteiger partial charge in [0.15, 0.2) is 0 Å². The monoisotopic (exact) mass is 490 g/mol. The van der Waals surface area contributed by atoms with Gasteiger partial charge in [-0.15, -0.1) is 0 Å². The number of hydrogen-bond acceptors (Lipinski definition) is 0. The molecule has 0 aliphatic rings. The summed E-state index contributed by atoms with van der Waals surface area (Å²) in [5.41, 5.74) is 15.3. The lowest BCUT2D eigenvalue weighted by atomic mass is 9.84. The van der Waals surface area contributed by atoms with Crippen LogP contribution in [0.1, 0.15) is 55.6 Å². The van der Waals surface area contributed by atoms with Crippen LogP contribution in [-0.4, -0.2) is 0 Å². The Labute approximate surface area is 227 Å². The minimum Gasteiger partial charge on any atom is -0.0622 e. The molecule has 0 aromatic heterocycles. The number of benzene rings is 5. The molecule has 5 aromatic rings. The summed E-state index contributed by atoms with van der Waals surface area (Å²) < 4.78 is 0. The van der Waals surface area contributed by atoms with Crippen LogP contribution in [0.2, 0.25) is 0 Å². The molecule has 0 saturated heterocycles. The van der Waals surface area contributed by atoms with Gasteiger partial charge >= 0.3 is 0 Å². The van der Waals surface area contributed by atoms with Gasteiger partial charge in [0.05, 0.1) is 0 Å². The lowest BCUT2D eigenvalue weighted by molar-refractivity contribution is 1.21. The van der Waals surface area contributed by atoms with E-state index in [1.54, 1.807) is 0 Å². The molecule has 0 heteroatoms. The van der Waals surface area contributed by atoms with Crippen LogP contribution in [0.5, 0.6) is 0 Å². The Morgan fingerprint density at radius 3 is 0.763 bits per heavy atom. The van der Waals surface area contributed by atoms with E-state index in [9.17, 15) is 0 Å². The second kappa shape index (κ2) is 11.3. The van der Waals surface area contributed by atoms with Gasteiger partial charge in [0.2, 0.25) is 0 Å². The molecular weight excluding hydrogens is 456 g/mol. The highest BCUT2D eigenvalue weighted by molar-refractivity contribution is 5.95. The Bertz CT molecular complexity index is 1350. The first kappa shape index (κ1) is 25.2. The van der Waals surface area contributed by atoms with Gasteiger partial charge in [-0.2, -0.15) is 0 Å². The zero-order chi connectivity index (χ0) is 26.5. The lowest BCUT2D eigenvalue weighted by Gasteiger charge is -2.20. The molecule has 0 radical (unpaired) electrons. The summed E-state index contributed by atoms with van der Waals surface area (Å²) in [7, 11) is 0. The fraction of sp³-hybridized carbons (Fsp3) is 0.105. The molecule has 5 rings (SSSR count). The van der Waals surface area contributed by atoms with Crippen molar-refractivity contribution in [3.8, 4) is 0 Å². The highest BCUT2D eigenvalue weighted by Crippen LogP contribution is 2.35. The van der Waals surface area contributed by atoms with Crippen LogP contribution >= 0.6 is 0 Å². The number of rotatable bonds is 6. The molecule has 0 nitrogen and oxygen atoms in total. The summed E-state index contributed by atoms with van der Waals surface area (Å²) in [5, 5.41) is 0. The van der Waals surface area contributed by atoms with E-state index < -0.39 is 0 Å². The number of hydrogen-bond donors (Lipinski definition) is 0. The first-order chi connectivity index (χ1) is 18.5. The van der Waals surface area contributed by atoms with Gasteiger partial charge in [-0.25, -0.2) is 0 Å². The van der Waals surface area contributed by atoms with Crippen molar-refractivity contribution in [3.63, 3.8) is 0 Å². The second-order valence-corrected chi connectivity index (χ2v) is 9.91. The molecule has 0 fully saturated rings. The largest absolute Gasteiger partial charge is 0.0622 e. The molecular formula is C38H34. The Hall–Kier alpha value is -4.42. The van der Waals surface area contributed by atoms with Gasteiger partial charge < -0.3 is 0 Å². The van der Waals surface area contributed by atoms with Crippen LogP contribution < -0.4 is 0 Å². The maximum Gasteiger partial charge on any atom is -0.0105 e. The first-order valence-electron chi connectivity index (χ1n) is 13.3. The maximum absolute atomic E-state index is 2.39. The smallest absolute Gasteiger partial charge is 0.0105 e. The van der Waals surface area contributed by atoms with E-state index in [2.05, 4.69) is 161 Å². The van der Waals surface area contributed by atoms with Gasteiger partial charge in [0.25, 0.3) is 0 Å². The summed E-state index contributed by atoms with van der Waals surface area (Å²) in [4.78, 5) is 0. The average Bonchev–Trinajstić information content (AvgIpc) is 2.98. The Kier molecular flexibility index (Phi) is 7.52. The predicted molar refractivity (Wildman–Crippen MR) is 165 cm³/mol. The van der Waals surface area contributed by atoms with Crippen molar-refractivity contribution in [1.29, 1.82) is 0 Å². The molecule has 0 saturated carbocycles. The van der Waals surface area contributed by atoms with Crippen LogP contribution in [-0.2, 0) is 0 Å². The van der Waals surface area contributed by atoms with Crippen molar-refractivity contribution in [1.82, 2.24) is 0 Å². The van der Waals surface area contributed by atoms with E-state index in [4.69, 9.17) is 0 Å². The van der Waals surface area contributed by atoms with Crippen molar-refractivity contribution in [2.75, 3.05) is 0 Å². The molecule has 5 aromatic carbocycles. The van der Waals surface area contributed by atoms with Crippen molar-refractivity contribution in [2.24, 2.45) is 0 Å². The van der Waals surface area contributed by atoms with Crippen LogP contribution in [0, 0.1) is 27.7 Å². The van der Waals surface area contributed by atoms with Gasteiger partial charge in [-0.1, -0.05) is 121 Å². The Balaban J connectivity index is 1.71. The van der Waals surface area contributed by atoms with E-state index in [0.29, 0.717) is 0 Å². The van der Waals surface area contributed by atoms with Crippen LogP contribution in [0.4, 0.5) is 0 Å². The molecule has 38 heavy (non-hydrogen) atoms. The molecule has 0 aliphatic carbocycles. The Morgan fingerprint density at radius 2 is 0.553 bits per heavy atom. The molecule has 0 heterocycles. The SMILES string of the molecule is Cc1c(C)c(C=C(c2ccccc2)c2ccccc2)c(C)c(C)c1C=C(c1ccccc1)c1ccccc1.